The maximum atomic E-state index is 11.7. The van der Waals surface area contributed by atoms with Gasteiger partial charge in [-0.2, -0.15) is 8.42 Å². The first kappa shape index (κ1) is 17.2. The molecule has 8 heteroatoms. The SMILES string of the molecule is CCCCOC(=O)N1CCN(CCOS(C)(=O)=O)CC1. The van der Waals surface area contributed by atoms with Crippen molar-refractivity contribution in [3.05, 3.63) is 0 Å². The third-order valence-corrected chi connectivity index (χ3v) is 3.65. The minimum atomic E-state index is -3.37. The number of unbranched alkanes of at least 4 members (excludes halogenated alkanes) is 1. The number of nitrogens with zero attached hydrogens (tertiary/aromatic N) is 2. The van der Waals surface area contributed by atoms with Crippen LogP contribution in [0.5, 0.6) is 0 Å². The highest BCUT2D eigenvalue weighted by Gasteiger charge is 2.21. The quantitative estimate of drug-likeness (QED) is 0.504. The first-order valence-corrected chi connectivity index (χ1v) is 8.72. The lowest BCUT2D eigenvalue weighted by Crippen LogP contribution is -2.49. The van der Waals surface area contributed by atoms with Crippen molar-refractivity contribution >= 4 is 16.2 Å². The first-order valence-electron chi connectivity index (χ1n) is 6.91. The molecule has 0 aromatic heterocycles. The fourth-order valence-corrected chi connectivity index (χ4v) is 2.24. The van der Waals surface area contributed by atoms with Crippen LogP contribution in [-0.4, -0.2) is 76.5 Å². The molecule has 0 bridgehead atoms. The number of ether oxygens (including phenoxy) is 1. The summed E-state index contributed by atoms with van der Waals surface area (Å²) >= 11 is 0. The van der Waals surface area contributed by atoms with Crippen LogP contribution in [0.15, 0.2) is 0 Å². The Labute approximate surface area is 120 Å². The normalized spacial score (nSPS) is 17.2. The van der Waals surface area contributed by atoms with Crippen molar-refractivity contribution in [3.8, 4) is 0 Å². The lowest BCUT2D eigenvalue weighted by Gasteiger charge is -2.33. The third-order valence-electron chi connectivity index (χ3n) is 3.06. The van der Waals surface area contributed by atoms with Crippen molar-refractivity contribution in [2.45, 2.75) is 19.8 Å². The molecule has 118 valence electrons. The van der Waals surface area contributed by atoms with Crippen molar-refractivity contribution in [1.29, 1.82) is 0 Å². The van der Waals surface area contributed by atoms with Crippen LogP contribution in [0.4, 0.5) is 4.79 Å². The van der Waals surface area contributed by atoms with E-state index < -0.39 is 10.1 Å². The van der Waals surface area contributed by atoms with E-state index in [2.05, 4.69) is 4.90 Å². The van der Waals surface area contributed by atoms with Crippen molar-refractivity contribution < 1.29 is 22.1 Å². The van der Waals surface area contributed by atoms with Gasteiger partial charge in [-0.3, -0.25) is 9.08 Å². The van der Waals surface area contributed by atoms with E-state index in [1.165, 1.54) is 0 Å². The van der Waals surface area contributed by atoms with Crippen LogP contribution < -0.4 is 0 Å². The molecule has 1 heterocycles. The number of carbonyl (C=O) groups is 1. The molecule has 1 amide bonds. The predicted octanol–water partition coefficient (Wildman–Crippen LogP) is 0.517. The van der Waals surface area contributed by atoms with Gasteiger partial charge >= 0.3 is 6.09 Å². The molecule has 0 aromatic carbocycles. The standard InChI is InChI=1S/C12H24N2O5S/c1-3-4-10-18-12(15)14-7-5-13(6-8-14)9-11-19-20(2,16)17/h3-11H2,1-2H3. The summed E-state index contributed by atoms with van der Waals surface area (Å²) in [6, 6.07) is 0. The van der Waals surface area contributed by atoms with Crippen LogP contribution in [0, 0.1) is 0 Å². The molecular weight excluding hydrogens is 284 g/mol. The summed E-state index contributed by atoms with van der Waals surface area (Å²) in [6.07, 6.45) is 2.66. The minimum absolute atomic E-state index is 0.153. The van der Waals surface area contributed by atoms with Gasteiger partial charge in [-0.05, 0) is 6.42 Å². The van der Waals surface area contributed by atoms with E-state index in [1.807, 2.05) is 6.92 Å². The molecule has 1 aliphatic heterocycles. The molecule has 0 saturated carbocycles. The van der Waals surface area contributed by atoms with Crippen molar-refractivity contribution in [2.75, 3.05) is 52.2 Å². The third kappa shape index (κ3) is 7.06. The summed E-state index contributed by atoms with van der Waals surface area (Å²) in [5.74, 6) is 0. The van der Waals surface area contributed by atoms with Gasteiger partial charge in [-0.25, -0.2) is 4.79 Å². The Morgan fingerprint density at radius 1 is 1.15 bits per heavy atom. The molecule has 0 atom stereocenters. The van der Waals surface area contributed by atoms with Gasteiger partial charge in [0.1, 0.15) is 0 Å². The minimum Gasteiger partial charge on any atom is -0.449 e. The Kier molecular flexibility index (Phi) is 7.25. The molecule has 20 heavy (non-hydrogen) atoms. The molecular formula is C12H24N2O5S. The predicted molar refractivity (Wildman–Crippen MR) is 75.1 cm³/mol. The second-order valence-corrected chi connectivity index (χ2v) is 6.47. The van der Waals surface area contributed by atoms with Crippen LogP contribution in [0.2, 0.25) is 0 Å². The van der Waals surface area contributed by atoms with Gasteiger partial charge in [0.05, 0.1) is 19.5 Å². The summed E-state index contributed by atoms with van der Waals surface area (Å²) in [6.45, 7) is 5.83. The van der Waals surface area contributed by atoms with Gasteiger partial charge < -0.3 is 9.64 Å². The van der Waals surface area contributed by atoms with Gasteiger partial charge in [-0.1, -0.05) is 13.3 Å². The molecule has 1 fully saturated rings. The largest absolute Gasteiger partial charge is 0.449 e. The summed E-state index contributed by atoms with van der Waals surface area (Å²) < 4.78 is 31.5. The van der Waals surface area contributed by atoms with Crippen molar-refractivity contribution in [2.24, 2.45) is 0 Å². The van der Waals surface area contributed by atoms with Crippen LogP contribution in [0.1, 0.15) is 19.8 Å². The van der Waals surface area contributed by atoms with E-state index in [0.29, 0.717) is 39.3 Å². The fourth-order valence-electron chi connectivity index (χ4n) is 1.87. The second-order valence-electron chi connectivity index (χ2n) is 4.82. The summed E-state index contributed by atoms with van der Waals surface area (Å²) in [7, 11) is -3.37. The molecule has 0 spiro atoms. The van der Waals surface area contributed by atoms with Gasteiger partial charge in [0.25, 0.3) is 10.1 Å². The highest BCUT2D eigenvalue weighted by Crippen LogP contribution is 2.04. The van der Waals surface area contributed by atoms with E-state index in [9.17, 15) is 13.2 Å². The summed E-state index contributed by atoms with van der Waals surface area (Å²) in [5, 5.41) is 0. The highest BCUT2D eigenvalue weighted by atomic mass is 32.2. The average Bonchev–Trinajstić information content (AvgIpc) is 2.38. The lowest BCUT2D eigenvalue weighted by atomic mass is 10.3. The van der Waals surface area contributed by atoms with Gasteiger partial charge in [-0.15, -0.1) is 0 Å². The Morgan fingerprint density at radius 3 is 2.35 bits per heavy atom. The second kappa shape index (κ2) is 8.43. The van der Waals surface area contributed by atoms with Crippen molar-refractivity contribution in [3.63, 3.8) is 0 Å². The molecule has 0 unspecified atom stereocenters. The Hall–Kier alpha value is -0.860. The summed E-state index contributed by atoms with van der Waals surface area (Å²) in [5.41, 5.74) is 0. The van der Waals surface area contributed by atoms with Crippen molar-refractivity contribution in [1.82, 2.24) is 9.80 Å². The molecule has 7 nitrogen and oxygen atoms in total. The van der Waals surface area contributed by atoms with Crippen LogP contribution >= 0.6 is 0 Å². The summed E-state index contributed by atoms with van der Waals surface area (Å²) in [4.78, 5) is 15.5. The number of carbonyl (C=O) groups excluding carboxylic acids is 1. The fraction of sp³-hybridized carbons (Fsp3) is 0.917. The molecule has 1 rings (SSSR count). The Bertz CT molecular complexity index is 391. The molecule has 1 saturated heterocycles. The average molecular weight is 308 g/mol. The van der Waals surface area contributed by atoms with Gasteiger partial charge in [0, 0.05) is 32.7 Å². The zero-order valence-corrected chi connectivity index (χ0v) is 13.0. The number of hydrogen-bond donors (Lipinski definition) is 0. The van der Waals surface area contributed by atoms with E-state index in [-0.39, 0.29) is 12.7 Å². The topological polar surface area (TPSA) is 76.2 Å². The lowest BCUT2D eigenvalue weighted by molar-refractivity contribution is 0.0723. The zero-order chi connectivity index (χ0) is 15.0. The Balaban J connectivity index is 2.17. The smallest absolute Gasteiger partial charge is 0.409 e. The highest BCUT2D eigenvalue weighted by molar-refractivity contribution is 7.85. The van der Waals surface area contributed by atoms with Crippen LogP contribution in [0.3, 0.4) is 0 Å². The monoisotopic (exact) mass is 308 g/mol. The maximum absolute atomic E-state index is 11.7. The number of rotatable bonds is 7. The van der Waals surface area contributed by atoms with E-state index in [0.717, 1.165) is 19.1 Å². The molecule has 0 aliphatic carbocycles. The molecule has 0 aromatic rings. The number of piperazine rings is 1. The maximum Gasteiger partial charge on any atom is 0.409 e. The van der Waals surface area contributed by atoms with E-state index in [1.54, 1.807) is 4.90 Å². The van der Waals surface area contributed by atoms with Crippen LogP contribution in [-0.2, 0) is 19.0 Å². The first-order chi connectivity index (χ1) is 9.42. The molecule has 0 radical (unpaired) electrons. The van der Waals surface area contributed by atoms with E-state index >= 15 is 0 Å². The van der Waals surface area contributed by atoms with Gasteiger partial charge in [0.15, 0.2) is 0 Å². The molecule has 1 aliphatic rings. The van der Waals surface area contributed by atoms with E-state index in [4.69, 9.17) is 8.92 Å². The molecule has 0 N–H and O–H groups in total. The number of hydrogen-bond acceptors (Lipinski definition) is 6. The zero-order valence-electron chi connectivity index (χ0n) is 12.2. The number of amides is 1. The van der Waals surface area contributed by atoms with Gasteiger partial charge in [0.2, 0.25) is 0 Å². The van der Waals surface area contributed by atoms with Crippen LogP contribution in [0.25, 0.3) is 0 Å². The Morgan fingerprint density at radius 2 is 1.80 bits per heavy atom.